The van der Waals surface area contributed by atoms with Crippen LogP contribution in [0.25, 0.3) is 10.9 Å². The van der Waals surface area contributed by atoms with Gasteiger partial charge in [-0.1, -0.05) is 41.9 Å². The Bertz CT molecular complexity index is 1060. The van der Waals surface area contributed by atoms with Crippen LogP contribution in [-0.2, 0) is 4.79 Å². The largest absolute Gasteiger partial charge is 0.390 e. The Morgan fingerprint density at radius 1 is 1.20 bits per heavy atom. The van der Waals surface area contributed by atoms with E-state index < -0.39 is 5.60 Å². The highest BCUT2D eigenvalue weighted by molar-refractivity contribution is 6.30. The van der Waals surface area contributed by atoms with Gasteiger partial charge in [-0.05, 0) is 61.4 Å². The van der Waals surface area contributed by atoms with Crippen LogP contribution >= 0.6 is 11.6 Å². The molecule has 5 heteroatoms. The van der Waals surface area contributed by atoms with E-state index in [9.17, 15) is 9.90 Å². The highest BCUT2D eigenvalue weighted by Gasteiger charge is 2.43. The highest BCUT2D eigenvalue weighted by Crippen LogP contribution is 2.40. The van der Waals surface area contributed by atoms with E-state index in [1.54, 1.807) is 0 Å². The first-order valence-corrected chi connectivity index (χ1v) is 11.2. The van der Waals surface area contributed by atoms with Crippen molar-refractivity contribution in [1.82, 2.24) is 9.88 Å². The van der Waals surface area contributed by atoms with E-state index in [1.165, 1.54) is 0 Å². The number of likely N-dealkylation sites (tertiary alicyclic amines) is 1. The monoisotopic (exact) mass is 422 g/mol. The molecule has 3 aromatic rings. The zero-order chi connectivity index (χ0) is 20.7. The zero-order valence-corrected chi connectivity index (χ0v) is 17.7. The molecule has 3 unspecified atom stereocenters. The molecule has 5 rings (SSSR count). The summed E-state index contributed by atoms with van der Waals surface area (Å²) in [7, 11) is 0. The summed E-state index contributed by atoms with van der Waals surface area (Å²) >= 11 is 6.13. The number of fused-ring (bicyclic) bond motifs is 3. The molecular formula is C25H27ClN2O2. The van der Waals surface area contributed by atoms with Gasteiger partial charge >= 0.3 is 0 Å². The first-order chi connectivity index (χ1) is 14.5. The molecule has 0 radical (unpaired) electrons. The van der Waals surface area contributed by atoms with Crippen molar-refractivity contribution in [2.75, 3.05) is 6.54 Å². The zero-order valence-electron chi connectivity index (χ0n) is 17.0. The first kappa shape index (κ1) is 19.7. The second-order valence-electron chi connectivity index (χ2n) is 8.91. The fourth-order valence-corrected chi connectivity index (χ4v) is 5.54. The maximum atomic E-state index is 13.5. The number of benzene rings is 2. The van der Waals surface area contributed by atoms with Crippen molar-refractivity contribution in [1.29, 1.82) is 0 Å². The van der Waals surface area contributed by atoms with Crippen LogP contribution in [0.5, 0.6) is 0 Å². The van der Waals surface area contributed by atoms with E-state index in [4.69, 9.17) is 11.6 Å². The third kappa shape index (κ3) is 3.63. The average Bonchev–Trinajstić information content (AvgIpc) is 3.16. The minimum atomic E-state index is -0.563. The number of aromatic amines is 1. The number of hydrogen-bond donors (Lipinski definition) is 2. The van der Waals surface area contributed by atoms with Crippen molar-refractivity contribution >= 4 is 28.4 Å². The lowest BCUT2D eigenvalue weighted by Gasteiger charge is -2.48. The lowest BCUT2D eigenvalue weighted by Crippen LogP contribution is -2.55. The molecule has 2 aromatic carbocycles. The number of para-hydroxylation sites is 1. The minimum absolute atomic E-state index is 0.0460. The Kier molecular flexibility index (Phi) is 5.08. The number of aliphatic hydroxyl groups is 1. The van der Waals surface area contributed by atoms with Gasteiger partial charge in [0, 0.05) is 47.0 Å². The van der Waals surface area contributed by atoms with Gasteiger partial charge in [0.25, 0.3) is 0 Å². The predicted octanol–water partition coefficient (Wildman–Crippen LogP) is 5.25. The molecule has 2 heterocycles. The first-order valence-electron chi connectivity index (χ1n) is 10.9. The summed E-state index contributed by atoms with van der Waals surface area (Å²) in [5, 5.41) is 12.5. The summed E-state index contributed by atoms with van der Waals surface area (Å²) in [6.45, 7) is 0.654. The molecule has 1 saturated carbocycles. The topological polar surface area (TPSA) is 56.3 Å². The molecule has 0 spiro atoms. The van der Waals surface area contributed by atoms with Crippen molar-refractivity contribution < 1.29 is 9.90 Å². The van der Waals surface area contributed by atoms with Gasteiger partial charge in [-0.25, -0.2) is 0 Å². The number of carbonyl (C=O) groups is 1. The Labute approximate surface area is 181 Å². The molecule has 2 aliphatic rings. The lowest BCUT2D eigenvalue weighted by molar-refractivity contribution is -0.144. The van der Waals surface area contributed by atoms with Crippen molar-refractivity contribution in [3.63, 3.8) is 0 Å². The van der Waals surface area contributed by atoms with E-state index in [0.29, 0.717) is 24.4 Å². The third-order valence-corrected chi connectivity index (χ3v) is 7.27. The van der Waals surface area contributed by atoms with E-state index >= 15 is 0 Å². The van der Waals surface area contributed by atoms with Crippen LogP contribution < -0.4 is 0 Å². The van der Waals surface area contributed by atoms with Gasteiger partial charge in [0.05, 0.1) is 5.60 Å². The van der Waals surface area contributed by atoms with Crippen LogP contribution in [0.2, 0.25) is 5.02 Å². The number of nitrogens with zero attached hydrogens (tertiary/aromatic N) is 1. The fraction of sp³-hybridized carbons (Fsp3) is 0.400. The molecule has 2 N–H and O–H groups in total. The van der Waals surface area contributed by atoms with Crippen LogP contribution in [-0.4, -0.2) is 39.1 Å². The van der Waals surface area contributed by atoms with Crippen LogP contribution in [0.1, 0.15) is 55.6 Å². The fourth-order valence-electron chi connectivity index (χ4n) is 5.42. The van der Waals surface area contributed by atoms with Gasteiger partial charge in [-0.3, -0.25) is 4.79 Å². The Hall–Kier alpha value is -2.30. The van der Waals surface area contributed by atoms with Gasteiger partial charge in [0.1, 0.15) is 0 Å². The summed E-state index contributed by atoms with van der Waals surface area (Å²) in [5.41, 5.74) is 2.74. The molecule has 1 aromatic heterocycles. The number of rotatable bonds is 4. The SMILES string of the molecule is O=C(CC(c1ccc(Cl)cc1)c1c[nH]c2ccccc12)N1CCC2(O)CCCC1C2. The number of nitrogens with one attached hydrogen (secondary N) is 1. The second-order valence-corrected chi connectivity index (χ2v) is 9.35. The number of amides is 1. The standard InChI is InChI=1S/C25H27ClN2O2/c26-18-9-7-17(8-10-18)21(22-16-27-23-6-2-1-5-20(22)23)14-24(29)28-13-12-25(30)11-3-4-19(28)15-25/h1-2,5-10,16,19,21,27,30H,3-4,11-15H2. The molecule has 1 amide bonds. The van der Waals surface area contributed by atoms with Crippen LogP contribution in [0, 0.1) is 0 Å². The van der Waals surface area contributed by atoms with Crippen molar-refractivity contribution in [3.8, 4) is 0 Å². The smallest absolute Gasteiger partial charge is 0.223 e. The third-order valence-electron chi connectivity index (χ3n) is 7.02. The van der Waals surface area contributed by atoms with E-state index in [0.717, 1.165) is 47.7 Å². The summed E-state index contributed by atoms with van der Waals surface area (Å²) in [6.07, 6.45) is 6.71. The summed E-state index contributed by atoms with van der Waals surface area (Å²) in [4.78, 5) is 18.9. The van der Waals surface area contributed by atoms with Crippen molar-refractivity contribution in [3.05, 3.63) is 70.9 Å². The van der Waals surface area contributed by atoms with Gasteiger partial charge < -0.3 is 15.0 Å². The molecular weight excluding hydrogens is 396 g/mol. The summed E-state index contributed by atoms with van der Waals surface area (Å²) < 4.78 is 0. The number of hydrogen-bond acceptors (Lipinski definition) is 2. The number of piperidine rings is 1. The number of halogens is 1. The quantitative estimate of drug-likeness (QED) is 0.603. The molecule has 30 heavy (non-hydrogen) atoms. The van der Waals surface area contributed by atoms with Gasteiger partial charge in [0.15, 0.2) is 0 Å². The molecule has 156 valence electrons. The number of carbonyl (C=O) groups excluding carboxylic acids is 1. The van der Waals surface area contributed by atoms with E-state index in [-0.39, 0.29) is 17.9 Å². The Balaban J connectivity index is 1.46. The Morgan fingerprint density at radius 2 is 2.00 bits per heavy atom. The molecule has 1 aliphatic carbocycles. The molecule has 3 atom stereocenters. The predicted molar refractivity (Wildman–Crippen MR) is 120 cm³/mol. The Morgan fingerprint density at radius 3 is 2.83 bits per heavy atom. The highest BCUT2D eigenvalue weighted by atomic mass is 35.5. The molecule has 1 saturated heterocycles. The van der Waals surface area contributed by atoms with Crippen molar-refractivity contribution in [2.24, 2.45) is 0 Å². The summed E-state index contributed by atoms with van der Waals surface area (Å²) in [6, 6.07) is 16.2. The molecule has 2 bridgehead atoms. The number of aromatic nitrogens is 1. The molecule has 1 aliphatic heterocycles. The number of H-pyrrole nitrogens is 1. The lowest BCUT2D eigenvalue weighted by atomic mass is 9.75. The maximum Gasteiger partial charge on any atom is 0.223 e. The van der Waals surface area contributed by atoms with Crippen LogP contribution in [0.4, 0.5) is 0 Å². The van der Waals surface area contributed by atoms with Crippen LogP contribution in [0.15, 0.2) is 54.7 Å². The van der Waals surface area contributed by atoms with Crippen LogP contribution in [0.3, 0.4) is 0 Å². The van der Waals surface area contributed by atoms with Gasteiger partial charge in [-0.2, -0.15) is 0 Å². The molecule has 4 nitrogen and oxygen atoms in total. The molecule has 2 fully saturated rings. The maximum absolute atomic E-state index is 13.5. The average molecular weight is 423 g/mol. The summed E-state index contributed by atoms with van der Waals surface area (Å²) in [5.74, 6) is 0.129. The van der Waals surface area contributed by atoms with E-state index in [2.05, 4.69) is 17.1 Å². The van der Waals surface area contributed by atoms with Gasteiger partial charge in [0.2, 0.25) is 5.91 Å². The van der Waals surface area contributed by atoms with E-state index in [1.807, 2.05) is 47.5 Å². The minimum Gasteiger partial charge on any atom is -0.390 e. The second kappa shape index (κ2) is 7.75. The van der Waals surface area contributed by atoms with Crippen molar-refractivity contribution in [2.45, 2.75) is 56.1 Å². The normalized spacial score (nSPS) is 24.7. The van der Waals surface area contributed by atoms with Gasteiger partial charge in [-0.15, -0.1) is 0 Å².